The summed E-state index contributed by atoms with van der Waals surface area (Å²) in [6.45, 7) is 1.70. The number of amides is 1. The second-order valence-electron chi connectivity index (χ2n) is 4.87. The van der Waals surface area contributed by atoms with Gasteiger partial charge in [-0.25, -0.2) is 4.79 Å². The molecule has 1 aliphatic carbocycles. The second kappa shape index (κ2) is 6.09. The molecule has 1 saturated carbocycles. The predicted molar refractivity (Wildman–Crippen MR) is 61.9 cm³/mol. The van der Waals surface area contributed by atoms with Crippen LogP contribution in [0.5, 0.6) is 0 Å². The molecule has 92 valence electrons. The van der Waals surface area contributed by atoms with E-state index in [1.807, 2.05) is 0 Å². The Hall–Kier alpha value is -0.770. The minimum atomic E-state index is -0.190. The van der Waals surface area contributed by atoms with Crippen LogP contribution in [0.2, 0.25) is 0 Å². The van der Waals surface area contributed by atoms with Crippen LogP contribution in [0.1, 0.15) is 51.4 Å². The lowest BCUT2D eigenvalue weighted by Crippen LogP contribution is -2.41. The van der Waals surface area contributed by atoms with Gasteiger partial charge in [0.05, 0.1) is 0 Å². The first-order chi connectivity index (χ1) is 7.86. The third kappa shape index (κ3) is 3.37. The molecule has 2 rings (SSSR count). The number of nitrogens with zero attached hydrogens (tertiary/aromatic N) is 1. The van der Waals surface area contributed by atoms with Crippen LogP contribution in [0.4, 0.5) is 4.79 Å². The number of rotatable bonds is 2. The van der Waals surface area contributed by atoms with Crippen molar-refractivity contribution in [2.75, 3.05) is 13.1 Å². The number of carbonyl (C=O) groups excluding carboxylic acids is 1. The summed E-state index contributed by atoms with van der Waals surface area (Å²) in [5.74, 6) is 0. The van der Waals surface area contributed by atoms with Gasteiger partial charge in [-0.3, -0.25) is 0 Å². The molecule has 0 radical (unpaired) electrons. The molecule has 2 fully saturated rings. The molecule has 0 aromatic heterocycles. The van der Waals surface area contributed by atoms with Crippen molar-refractivity contribution in [3.05, 3.63) is 0 Å². The van der Waals surface area contributed by atoms with Gasteiger partial charge in [0.2, 0.25) is 0 Å². The molecule has 4 heteroatoms. The van der Waals surface area contributed by atoms with Crippen molar-refractivity contribution < 1.29 is 9.63 Å². The van der Waals surface area contributed by atoms with Gasteiger partial charge in [0.15, 0.2) is 0 Å². The smallest absolute Gasteiger partial charge is 0.353 e. The van der Waals surface area contributed by atoms with E-state index in [4.69, 9.17) is 4.84 Å². The van der Waals surface area contributed by atoms with E-state index in [2.05, 4.69) is 5.48 Å². The van der Waals surface area contributed by atoms with Crippen molar-refractivity contribution in [3.63, 3.8) is 0 Å². The molecule has 0 aromatic rings. The minimum Gasteiger partial charge on any atom is -0.353 e. The lowest BCUT2D eigenvalue weighted by Gasteiger charge is -2.27. The highest BCUT2D eigenvalue weighted by Crippen LogP contribution is 2.17. The molecule has 0 unspecified atom stereocenters. The van der Waals surface area contributed by atoms with E-state index in [-0.39, 0.29) is 6.09 Å². The van der Waals surface area contributed by atoms with Crippen LogP contribution in [-0.4, -0.2) is 30.1 Å². The third-order valence-corrected chi connectivity index (χ3v) is 3.53. The number of nitrogens with one attached hydrogen (secondary N) is 1. The van der Waals surface area contributed by atoms with Crippen LogP contribution in [-0.2, 0) is 4.84 Å². The first-order valence-electron chi connectivity index (χ1n) is 6.57. The molecule has 2 aliphatic rings. The molecule has 0 aromatic carbocycles. The number of likely N-dealkylation sites (tertiary alicyclic amines) is 1. The summed E-state index contributed by atoms with van der Waals surface area (Å²) in [5.41, 5.74) is 2.93. The van der Waals surface area contributed by atoms with Crippen molar-refractivity contribution in [1.29, 1.82) is 0 Å². The zero-order valence-corrected chi connectivity index (χ0v) is 9.91. The fraction of sp³-hybridized carbons (Fsp3) is 0.917. The van der Waals surface area contributed by atoms with Crippen molar-refractivity contribution in [3.8, 4) is 0 Å². The predicted octanol–water partition coefficient (Wildman–Crippen LogP) is 2.45. The molecular formula is C12H22N2O2. The van der Waals surface area contributed by atoms with Gasteiger partial charge in [-0.05, 0) is 32.1 Å². The van der Waals surface area contributed by atoms with Gasteiger partial charge in [-0.2, -0.15) is 0 Å². The van der Waals surface area contributed by atoms with E-state index in [9.17, 15) is 4.79 Å². The van der Waals surface area contributed by atoms with E-state index >= 15 is 0 Å². The Morgan fingerprint density at radius 2 is 1.62 bits per heavy atom. The van der Waals surface area contributed by atoms with E-state index in [0.29, 0.717) is 6.04 Å². The van der Waals surface area contributed by atoms with Crippen LogP contribution in [0.3, 0.4) is 0 Å². The summed E-state index contributed by atoms with van der Waals surface area (Å²) in [5, 5.41) is 0. The second-order valence-corrected chi connectivity index (χ2v) is 4.87. The zero-order valence-electron chi connectivity index (χ0n) is 9.91. The van der Waals surface area contributed by atoms with E-state index < -0.39 is 0 Å². The molecule has 0 bridgehead atoms. The molecule has 1 amide bonds. The highest BCUT2D eigenvalue weighted by atomic mass is 16.7. The zero-order chi connectivity index (χ0) is 11.2. The maximum atomic E-state index is 11.7. The first-order valence-corrected chi connectivity index (χ1v) is 6.57. The Kier molecular flexibility index (Phi) is 4.45. The fourth-order valence-corrected chi connectivity index (χ4v) is 2.50. The minimum absolute atomic E-state index is 0.190. The van der Waals surface area contributed by atoms with E-state index in [0.717, 1.165) is 38.8 Å². The SMILES string of the molecule is O=C(ONC1CCCCC1)N1CCCCC1. The maximum absolute atomic E-state index is 11.7. The molecule has 1 saturated heterocycles. The van der Waals surface area contributed by atoms with Crippen LogP contribution >= 0.6 is 0 Å². The Balaban J connectivity index is 1.65. The van der Waals surface area contributed by atoms with E-state index in [1.54, 1.807) is 4.90 Å². The first kappa shape index (κ1) is 11.7. The quantitative estimate of drug-likeness (QED) is 0.735. The molecule has 16 heavy (non-hydrogen) atoms. The standard InChI is InChI=1S/C12H22N2O2/c15-12(14-9-5-2-6-10-14)16-13-11-7-3-1-4-8-11/h11,13H,1-10H2. The van der Waals surface area contributed by atoms with Gasteiger partial charge in [0, 0.05) is 19.1 Å². The molecular weight excluding hydrogens is 204 g/mol. The monoisotopic (exact) mass is 226 g/mol. The van der Waals surface area contributed by atoms with Gasteiger partial charge in [0.25, 0.3) is 0 Å². The summed E-state index contributed by atoms with van der Waals surface area (Å²) in [6.07, 6.45) is 9.35. The van der Waals surface area contributed by atoms with Gasteiger partial charge in [-0.1, -0.05) is 19.3 Å². The Morgan fingerprint density at radius 3 is 2.31 bits per heavy atom. The average molecular weight is 226 g/mol. The molecule has 0 atom stereocenters. The molecule has 4 nitrogen and oxygen atoms in total. The highest BCUT2D eigenvalue weighted by molar-refractivity contribution is 5.67. The molecule has 1 heterocycles. The van der Waals surface area contributed by atoms with Crippen molar-refractivity contribution in [1.82, 2.24) is 10.4 Å². The van der Waals surface area contributed by atoms with E-state index in [1.165, 1.54) is 25.7 Å². The lowest BCUT2D eigenvalue weighted by atomic mass is 9.96. The third-order valence-electron chi connectivity index (χ3n) is 3.53. The molecule has 1 N–H and O–H groups in total. The fourth-order valence-electron chi connectivity index (χ4n) is 2.50. The summed E-state index contributed by atoms with van der Waals surface area (Å²) in [7, 11) is 0. The molecule has 1 aliphatic heterocycles. The van der Waals surface area contributed by atoms with Gasteiger partial charge >= 0.3 is 6.09 Å². The molecule has 0 spiro atoms. The maximum Gasteiger partial charge on any atom is 0.428 e. The van der Waals surface area contributed by atoms with Crippen LogP contribution in [0, 0.1) is 0 Å². The van der Waals surface area contributed by atoms with Crippen LogP contribution < -0.4 is 5.48 Å². The van der Waals surface area contributed by atoms with Gasteiger partial charge < -0.3 is 9.74 Å². The largest absolute Gasteiger partial charge is 0.428 e. The van der Waals surface area contributed by atoms with Crippen LogP contribution in [0.15, 0.2) is 0 Å². The number of piperidine rings is 1. The van der Waals surface area contributed by atoms with Crippen molar-refractivity contribution in [2.24, 2.45) is 0 Å². The number of carbonyl (C=O) groups is 1. The Bertz CT molecular complexity index is 221. The lowest BCUT2D eigenvalue weighted by molar-refractivity contribution is 0.0276. The average Bonchev–Trinajstić information content (AvgIpc) is 2.38. The number of hydrogen-bond acceptors (Lipinski definition) is 3. The Morgan fingerprint density at radius 1 is 1.00 bits per heavy atom. The highest BCUT2D eigenvalue weighted by Gasteiger charge is 2.20. The van der Waals surface area contributed by atoms with Crippen molar-refractivity contribution in [2.45, 2.75) is 57.4 Å². The summed E-state index contributed by atoms with van der Waals surface area (Å²) in [6, 6.07) is 0.377. The van der Waals surface area contributed by atoms with Gasteiger partial charge in [0.1, 0.15) is 0 Å². The number of hydroxylamine groups is 1. The summed E-state index contributed by atoms with van der Waals surface area (Å²) < 4.78 is 0. The Labute approximate surface area is 97.3 Å². The topological polar surface area (TPSA) is 41.6 Å². The normalized spacial score (nSPS) is 23.1. The summed E-state index contributed by atoms with van der Waals surface area (Å²) in [4.78, 5) is 18.6. The van der Waals surface area contributed by atoms with Gasteiger partial charge in [-0.15, -0.1) is 5.48 Å². The summed E-state index contributed by atoms with van der Waals surface area (Å²) >= 11 is 0. The number of hydrogen-bond donors (Lipinski definition) is 1. The van der Waals surface area contributed by atoms with Crippen LogP contribution in [0.25, 0.3) is 0 Å². The van der Waals surface area contributed by atoms with Crippen molar-refractivity contribution >= 4 is 6.09 Å².